The molecule has 8 heteroatoms. The van der Waals surface area contributed by atoms with Gasteiger partial charge in [-0.25, -0.2) is 4.39 Å². The number of piperidine rings is 1. The topological polar surface area (TPSA) is 87.0 Å². The van der Waals surface area contributed by atoms with Gasteiger partial charge in [-0.3, -0.25) is 9.78 Å². The normalized spacial score (nSPS) is 16.7. The molecule has 2 aromatic carbocycles. The highest BCUT2D eigenvalue weighted by atomic mass is 35.5. The molecule has 2 N–H and O–H groups in total. The standard InChI is InChI=1S/C28H28ClFN4O2/c1-27(2)12-20(13-28(3,4)34-27)33-26(35)17-8-9-25(23(29)11-17)36-24-7-5-6-21(22(24)14-31)18-10-19(30)16-32-15-18/h5-11,15-16,20,34H,12-13H2,1-4H3,(H,33,35). The van der Waals surface area contributed by atoms with Crippen LogP contribution in [-0.2, 0) is 0 Å². The van der Waals surface area contributed by atoms with Gasteiger partial charge in [0, 0.05) is 40.0 Å². The fourth-order valence-electron chi connectivity index (χ4n) is 5.07. The van der Waals surface area contributed by atoms with Crippen LogP contribution in [0.1, 0.15) is 56.5 Å². The number of hydrogen-bond acceptors (Lipinski definition) is 5. The molecule has 0 aliphatic carbocycles. The van der Waals surface area contributed by atoms with E-state index in [0.717, 1.165) is 19.0 Å². The molecular formula is C28H28ClFN4O2. The van der Waals surface area contributed by atoms with Crippen LogP contribution in [0.15, 0.2) is 54.9 Å². The molecule has 0 saturated carbocycles. The van der Waals surface area contributed by atoms with E-state index in [1.165, 1.54) is 12.3 Å². The SMILES string of the molecule is CC1(C)CC(NC(=O)c2ccc(Oc3cccc(-c4cncc(F)c4)c3C#N)c(Cl)c2)CC(C)(C)N1. The molecule has 0 bridgehead atoms. The smallest absolute Gasteiger partial charge is 0.251 e. The zero-order valence-electron chi connectivity index (χ0n) is 20.7. The van der Waals surface area contributed by atoms with Crippen molar-refractivity contribution in [2.75, 3.05) is 0 Å². The fourth-order valence-corrected chi connectivity index (χ4v) is 5.29. The van der Waals surface area contributed by atoms with E-state index in [9.17, 15) is 14.4 Å². The first-order chi connectivity index (χ1) is 17.0. The quantitative estimate of drug-likeness (QED) is 0.427. The molecular weight excluding hydrogens is 479 g/mol. The maximum absolute atomic E-state index is 13.7. The Kier molecular flexibility index (Phi) is 7.03. The van der Waals surface area contributed by atoms with Gasteiger partial charge in [0.15, 0.2) is 0 Å². The molecule has 4 rings (SSSR count). The van der Waals surface area contributed by atoms with Crippen LogP contribution in [0.3, 0.4) is 0 Å². The lowest BCUT2D eigenvalue weighted by Crippen LogP contribution is -2.62. The number of aromatic nitrogens is 1. The summed E-state index contributed by atoms with van der Waals surface area (Å²) in [5.74, 6) is -0.155. The maximum Gasteiger partial charge on any atom is 0.251 e. The molecule has 0 spiro atoms. The molecule has 1 saturated heterocycles. The fraction of sp³-hybridized carbons (Fsp3) is 0.321. The Labute approximate surface area is 215 Å². The van der Waals surface area contributed by atoms with E-state index in [4.69, 9.17) is 16.3 Å². The summed E-state index contributed by atoms with van der Waals surface area (Å²) in [5.41, 5.74) is 1.40. The van der Waals surface area contributed by atoms with Gasteiger partial charge in [0.2, 0.25) is 0 Å². The minimum Gasteiger partial charge on any atom is -0.454 e. The number of nitriles is 1. The number of pyridine rings is 1. The van der Waals surface area contributed by atoms with Crippen LogP contribution in [0.25, 0.3) is 11.1 Å². The third-order valence-corrected chi connectivity index (χ3v) is 6.39. The van der Waals surface area contributed by atoms with E-state index >= 15 is 0 Å². The van der Waals surface area contributed by atoms with Crippen molar-refractivity contribution in [3.8, 4) is 28.7 Å². The maximum atomic E-state index is 13.7. The van der Waals surface area contributed by atoms with E-state index in [1.54, 1.807) is 36.4 Å². The van der Waals surface area contributed by atoms with Gasteiger partial charge in [0.05, 0.1) is 11.2 Å². The highest BCUT2D eigenvalue weighted by Gasteiger charge is 2.38. The highest BCUT2D eigenvalue weighted by molar-refractivity contribution is 6.32. The van der Waals surface area contributed by atoms with Crippen LogP contribution in [0.5, 0.6) is 11.5 Å². The molecule has 1 aliphatic rings. The van der Waals surface area contributed by atoms with Crippen molar-refractivity contribution in [2.45, 2.75) is 57.7 Å². The molecule has 186 valence electrons. The van der Waals surface area contributed by atoms with Crippen LogP contribution < -0.4 is 15.4 Å². The number of rotatable bonds is 5. The van der Waals surface area contributed by atoms with Crippen LogP contribution in [-0.4, -0.2) is 28.0 Å². The van der Waals surface area contributed by atoms with E-state index in [0.29, 0.717) is 22.4 Å². The van der Waals surface area contributed by atoms with Crippen molar-refractivity contribution >= 4 is 17.5 Å². The summed E-state index contributed by atoms with van der Waals surface area (Å²) in [4.78, 5) is 16.8. The second kappa shape index (κ2) is 9.88. The summed E-state index contributed by atoms with van der Waals surface area (Å²) in [6.07, 6.45) is 4.20. The first-order valence-electron chi connectivity index (χ1n) is 11.7. The minimum atomic E-state index is -0.503. The van der Waals surface area contributed by atoms with Crippen LogP contribution >= 0.6 is 11.6 Å². The largest absolute Gasteiger partial charge is 0.454 e. The van der Waals surface area contributed by atoms with Crippen molar-refractivity contribution in [2.24, 2.45) is 0 Å². The second-order valence-corrected chi connectivity index (χ2v) is 10.8. The van der Waals surface area contributed by atoms with E-state index < -0.39 is 5.82 Å². The number of halogens is 2. The summed E-state index contributed by atoms with van der Waals surface area (Å²) in [6, 6.07) is 13.3. The predicted molar refractivity (Wildman–Crippen MR) is 138 cm³/mol. The van der Waals surface area contributed by atoms with Gasteiger partial charge in [0.25, 0.3) is 5.91 Å². The number of nitrogens with one attached hydrogen (secondary N) is 2. The molecule has 1 amide bonds. The van der Waals surface area contributed by atoms with E-state index in [-0.39, 0.29) is 39.4 Å². The Balaban J connectivity index is 1.54. The molecule has 0 atom stereocenters. The average molecular weight is 507 g/mol. The Morgan fingerprint density at radius 2 is 1.86 bits per heavy atom. The monoisotopic (exact) mass is 506 g/mol. The van der Waals surface area contributed by atoms with Crippen LogP contribution in [0, 0.1) is 17.1 Å². The van der Waals surface area contributed by atoms with E-state index in [1.807, 2.05) is 0 Å². The lowest BCUT2D eigenvalue weighted by Gasteiger charge is -2.46. The van der Waals surface area contributed by atoms with Gasteiger partial charge in [-0.05, 0) is 70.9 Å². The average Bonchev–Trinajstić information content (AvgIpc) is 2.78. The van der Waals surface area contributed by atoms with Crippen molar-refractivity contribution in [1.82, 2.24) is 15.6 Å². The number of carbonyl (C=O) groups is 1. The lowest BCUT2D eigenvalue weighted by atomic mass is 9.79. The highest BCUT2D eigenvalue weighted by Crippen LogP contribution is 2.36. The number of amides is 1. The number of benzene rings is 2. The van der Waals surface area contributed by atoms with Gasteiger partial charge in [-0.15, -0.1) is 0 Å². The minimum absolute atomic E-state index is 0.0247. The summed E-state index contributed by atoms with van der Waals surface area (Å²) in [7, 11) is 0. The first kappa shape index (κ1) is 25.6. The molecule has 36 heavy (non-hydrogen) atoms. The van der Waals surface area contributed by atoms with Crippen molar-refractivity contribution in [3.63, 3.8) is 0 Å². The summed E-state index contributed by atoms with van der Waals surface area (Å²) < 4.78 is 19.6. The third-order valence-electron chi connectivity index (χ3n) is 6.09. The Bertz CT molecular complexity index is 1330. The molecule has 1 aliphatic heterocycles. The number of ether oxygens (including phenoxy) is 1. The molecule has 1 aromatic heterocycles. The zero-order chi connectivity index (χ0) is 26.1. The molecule has 2 heterocycles. The summed E-state index contributed by atoms with van der Waals surface area (Å²) >= 11 is 6.47. The molecule has 3 aromatic rings. The van der Waals surface area contributed by atoms with Crippen LogP contribution in [0.2, 0.25) is 5.02 Å². The van der Waals surface area contributed by atoms with Gasteiger partial charge >= 0.3 is 0 Å². The number of nitrogens with zero attached hydrogens (tertiary/aromatic N) is 2. The van der Waals surface area contributed by atoms with Crippen molar-refractivity contribution < 1.29 is 13.9 Å². The Morgan fingerprint density at radius 3 is 2.50 bits per heavy atom. The molecule has 6 nitrogen and oxygen atoms in total. The van der Waals surface area contributed by atoms with E-state index in [2.05, 4.69) is 49.4 Å². The molecule has 1 fully saturated rings. The predicted octanol–water partition coefficient (Wildman–Crippen LogP) is 6.24. The van der Waals surface area contributed by atoms with Crippen LogP contribution in [0.4, 0.5) is 4.39 Å². The van der Waals surface area contributed by atoms with Crippen molar-refractivity contribution in [3.05, 3.63) is 76.8 Å². The lowest BCUT2D eigenvalue weighted by molar-refractivity contribution is 0.0873. The van der Waals surface area contributed by atoms with Gasteiger partial charge in [-0.2, -0.15) is 5.26 Å². The van der Waals surface area contributed by atoms with Gasteiger partial charge < -0.3 is 15.4 Å². The second-order valence-electron chi connectivity index (χ2n) is 10.4. The molecule has 0 radical (unpaired) electrons. The van der Waals surface area contributed by atoms with Gasteiger partial charge in [-0.1, -0.05) is 23.7 Å². The molecule has 0 unspecified atom stereocenters. The summed E-state index contributed by atoms with van der Waals surface area (Å²) in [5, 5.41) is 16.8. The zero-order valence-corrected chi connectivity index (χ0v) is 21.4. The first-order valence-corrected chi connectivity index (χ1v) is 12.1. The Hall–Kier alpha value is -3.47. The van der Waals surface area contributed by atoms with Crippen molar-refractivity contribution in [1.29, 1.82) is 5.26 Å². The van der Waals surface area contributed by atoms with Gasteiger partial charge in [0.1, 0.15) is 28.9 Å². The Morgan fingerprint density at radius 1 is 1.14 bits per heavy atom. The third kappa shape index (κ3) is 5.84. The summed E-state index contributed by atoms with van der Waals surface area (Å²) in [6.45, 7) is 8.52. The number of hydrogen-bond donors (Lipinski definition) is 2. The number of carbonyl (C=O) groups excluding carboxylic acids is 1.